The Balaban J connectivity index is 1.58. The molecular weight excluding hydrogens is 318 g/mol. The number of carbonyl (C=O) groups is 2. The van der Waals surface area contributed by atoms with E-state index < -0.39 is 5.54 Å². The number of aliphatic imine (C=N–C) groups is 1. The predicted octanol–water partition coefficient (Wildman–Crippen LogP) is 1.45. The van der Waals surface area contributed by atoms with Crippen LogP contribution in [-0.4, -0.2) is 54.5 Å². The zero-order valence-corrected chi connectivity index (χ0v) is 15.4. The van der Waals surface area contributed by atoms with Crippen LogP contribution in [0.25, 0.3) is 0 Å². The number of likely N-dealkylation sites (tertiary alicyclic amines) is 1. The van der Waals surface area contributed by atoms with Crippen LogP contribution in [0, 0.1) is 11.8 Å². The molecule has 7 heteroatoms. The van der Waals surface area contributed by atoms with E-state index in [4.69, 9.17) is 4.99 Å². The topological polar surface area (TPSA) is 85.8 Å². The first-order chi connectivity index (χ1) is 12.0. The first kappa shape index (κ1) is 18.0. The average molecular weight is 349 g/mol. The highest BCUT2D eigenvalue weighted by Crippen LogP contribution is 2.31. The van der Waals surface area contributed by atoms with Gasteiger partial charge < -0.3 is 15.5 Å². The van der Waals surface area contributed by atoms with Crippen LogP contribution in [0.3, 0.4) is 0 Å². The highest BCUT2D eigenvalue weighted by Gasteiger charge is 2.48. The molecule has 2 saturated heterocycles. The van der Waals surface area contributed by atoms with E-state index in [0.29, 0.717) is 0 Å². The SMILES string of the molecule is CCNC(=NCC1CCCC1)N1CCC(C2(C)NC(=O)NC2=O)CC1. The van der Waals surface area contributed by atoms with Crippen LogP contribution in [0.4, 0.5) is 4.79 Å². The van der Waals surface area contributed by atoms with E-state index in [0.717, 1.165) is 50.9 Å². The minimum Gasteiger partial charge on any atom is -0.357 e. The van der Waals surface area contributed by atoms with Gasteiger partial charge in [0, 0.05) is 26.2 Å². The molecular formula is C18H31N5O2. The Labute approximate surface area is 150 Å². The van der Waals surface area contributed by atoms with Crippen molar-refractivity contribution in [1.82, 2.24) is 20.9 Å². The van der Waals surface area contributed by atoms with E-state index in [-0.39, 0.29) is 17.9 Å². The van der Waals surface area contributed by atoms with Crippen LogP contribution < -0.4 is 16.0 Å². The first-order valence-corrected chi connectivity index (χ1v) is 9.69. The molecule has 3 amide bonds. The Hall–Kier alpha value is -1.79. The molecule has 3 rings (SSSR count). The number of urea groups is 1. The Morgan fingerprint density at radius 1 is 1.24 bits per heavy atom. The van der Waals surface area contributed by atoms with Crippen LogP contribution in [0.15, 0.2) is 4.99 Å². The normalized spacial score (nSPS) is 29.0. The summed E-state index contributed by atoms with van der Waals surface area (Å²) in [5.41, 5.74) is -0.775. The van der Waals surface area contributed by atoms with E-state index in [2.05, 4.69) is 27.8 Å². The molecule has 2 heterocycles. The molecule has 3 fully saturated rings. The zero-order valence-electron chi connectivity index (χ0n) is 15.4. The van der Waals surface area contributed by atoms with Crippen LogP contribution >= 0.6 is 0 Å². The molecule has 7 nitrogen and oxygen atoms in total. The molecule has 25 heavy (non-hydrogen) atoms. The summed E-state index contributed by atoms with van der Waals surface area (Å²) in [7, 11) is 0. The van der Waals surface area contributed by atoms with Gasteiger partial charge in [0.25, 0.3) is 5.91 Å². The molecule has 140 valence electrons. The molecule has 1 atom stereocenters. The summed E-state index contributed by atoms with van der Waals surface area (Å²) >= 11 is 0. The van der Waals surface area contributed by atoms with E-state index in [9.17, 15) is 9.59 Å². The summed E-state index contributed by atoms with van der Waals surface area (Å²) in [6.07, 6.45) is 7.04. The lowest BCUT2D eigenvalue weighted by Crippen LogP contribution is -2.55. The zero-order chi connectivity index (χ0) is 17.9. The van der Waals surface area contributed by atoms with Gasteiger partial charge in [-0.05, 0) is 51.4 Å². The van der Waals surface area contributed by atoms with Crippen LogP contribution in [0.2, 0.25) is 0 Å². The molecule has 0 aromatic rings. The lowest BCUT2D eigenvalue weighted by atomic mass is 9.79. The number of carbonyl (C=O) groups excluding carboxylic acids is 2. The highest BCUT2D eigenvalue weighted by molar-refractivity contribution is 6.07. The second-order valence-electron chi connectivity index (χ2n) is 7.72. The fourth-order valence-corrected chi connectivity index (χ4v) is 4.35. The number of nitrogens with zero attached hydrogens (tertiary/aromatic N) is 2. The number of nitrogens with one attached hydrogen (secondary N) is 3. The Bertz CT molecular complexity index is 536. The number of guanidine groups is 1. The van der Waals surface area contributed by atoms with Gasteiger partial charge in [0.15, 0.2) is 5.96 Å². The fourth-order valence-electron chi connectivity index (χ4n) is 4.35. The van der Waals surface area contributed by atoms with Crippen molar-refractivity contribution in [3.8, 4) is 0 Å². The third-order valence-electron chi connectivity index (χ3n) is 5.99. The smallest absolute Gasteiger partial charge is 0.322 e. The van der Waals surface area contributed by atoms with Gasteiger partial charge in [0.2, 0.25) is 0 Å². The van der Waals surface area contributed by atoms with Crippen molar-refractivity contribution in [2.45, 2.75) is 57.9 Å². The van der Waals surface area contributed by atoms with Crippen molar-refractivity contribution in [3.63, 3.8) is 0 Å². The second kappa shape index (κ2) is 7.62. The number of piperidine rings is 1. The fraction of sp³-hybridized carbons (Fsp3) is 0.833. The van der Waals surface area contributed by atoms with Gasteiger partial charge in [0.05, 0.1) is 0 Å². The molecule has 1 unspecified atom stereocenters. The van der Waals surface area contributed by atoms with Gasteiger partial charge in [-0.1, -0.05) is 12.8 Å². The molecule has 0 bridgehead atoms. The minimum absolute atomic E-state index is 0.160. The summed E-state index contributed by atoms with van der Waals surface area (Å²) in [6.45, 7) is 7.43. The van der Waals surface area contributed by atoms with Gasteiger partial charge in [-0.25, -0.2) is 4.79 Å². The number of hydrogen-bond acceptors (Lipinski definition) is 3. The molecule has 0 aromatic heterocycles. The molecule has 3 aliphatic rings. The van der Waals surface area contributed by atoms with Crippen molar-refractivity contribution in [2.75, 3.05) is 26.2 Å². The van der Waals surface area contributed by atoms with Crippen LogP contribution in [0.5, 0.6) is 0 Å². The predicted molar refractivity (Wildman–Crippen MR) is 97.3 cm³/mol. The van der Waals surface area contributed by atoms with Crippen molar-refractivity contribution < 1.29 is 9.59 Å². The minimum atomic E-state index is -0.775. The van der Waals surface area contributed by atoms with Crippen LogP contribution in [-0.2, 0) is 4.79 Å². The molecule has 0 radical (unpaired) electrons. The summed E-state index contributed by atoms with van der Waals surface area (Å²) in [4.78, 5) is 30.8. The van der Waals surface area contributed by atoms with Crippen LogP contribution in [0.1, 0.15) is 52.4 Å². The Kier molecular flexibility index (Phi) is 5.49. The van der Waals surface area contributed by atoms with Crippen molar-refractivity contribution >= 4 is 17.9 Å². The molecule has 1 aliphatic carbocycles. The van der Waals surface area contributed by atoms with Gasteiger partial charge >= 0.3 is 6.03 Å². The number of rotatable bonds is 4. The lowest BCUT2D eigenvalue weighted by Gasteiger charge is -2.39. The number of hydrogen-bond donors (Lipinski definition) is 3. The molecule has 1 saturated carbocycles. The van der Waals surface area contributed by atoms with Gasteiger partial charge in [0.1, 0.15) is 5.54 Å². The van der Waals surface area contributed by atoms with Crippen molar-refractivity contribution in [2.24, 2.45) is 16.8 Å². The summed E-state index contributed by atoms with van der Waals surface area (Å²) in [6, 6.07) is -0.374. The second-order valence-corrected chi connectivity index (χ2v) is 7.72. The third-order valence-corrected chi connectivity index (χ3v) is 5.99. The van der Waals surface area contributed by atoms with Gasteiger partial charge in [-0.3, -0.25) is 15.1 Å². The molecule has 2 aliphatic heterocycles. The Morgan fingerprint density at radius 2 is 1.92 bits per heavy atom. The quantitative estimate of drug-likeness (QED) is 0.407. The largest absolute Gasteiger partial charge is 0.357 e. The van der Waals surface area contributed by atoms with Gasteiger partial charge in [-0.15, -0.1) is 0 Å². The maximum atomic E-state index is 12.1. The molecule has 0 spiro atoms. The number of imide groups is 1. The van der Waals surface area contributed by atoms with E-state index in [1.807, 2.05) is 6.92 Å². The van der Waals surface area contributed by atoms with Gasteiger partial charge in [-0.2, -0.15) is 0 Å². The number of amides is 3. The van der Waals surface area contributed by atoms with E-state index in [1.165, 1.54) is 25.7 Å². The lowest BCUT2D eigenvalue weighted by molar-refractivity contribution is -0.125. The monoisotopic (exact) mass is 349 g/mol. The van der Waals surface area contributed by atoms with E-state index in [1.54, 1.807) is 0 Å². The standard InChI is InChI=1S/C18H31N5O2/c1-3-19-16(20-12-13-6-4-5-7-13)23-10-8-14(9-11-23)18(2)15(24)21-17(25)22-18/h13-14H,3-12H2,1-2H3,(H,19,20)(H2,21,22,24,25). The van der Waals surface area contributed by atoms with Crippen molar-refractivity contribution in [1.29, 1.82) is 0 Å². The summed E-state index contributed by atoms with van der Waals surface area (Å²) in [5, 5.41) is 8.60. The molecule has 3 N–H and O–H groups in total. The summed E-state index contributed by atoms with van der Waals surface area (Å²) in [5.74, 6) is 1.70. The maximum Gasteiger partial charge on any atom is 0.322 e. The maximum absolute atomic E-state index is 12.1. The highest BCUT2D eigenvalue weighted by atomic mass is 16.2. The third kappa shape index (κ3) is 3.90. The Morgan fingerprint density at radius 3 is 2.48 bits per heavy atom. The molecule has 0 aromatic carbocycles. The first-order valence-electron chi connectivity index (χ1n) is 9.69. The summed E-state index contributed by atoms with van der Waals surface area (Å²) < 4.78 is 0. The average Bonchev–Trinajstić information content (AvgIpc) is 3.20. The van der Waals surface area contributed by atoms with Crippen molar-refractivity contribution in [3.05, 3.63) is 0 Å². The van der Waals surface area contributed by atoms with E-state index >= 15 is 0 Å².